The van der Waals surface area contributed by atoms with Gasteiger partial charge in [-0.1, -0.05) is 6.07 Å². The molecule has 1 atom stereocenters. The number of hydrogen-bond acceptors (Lipinski definition) is 5. The summed E-state index contributed by atoms with van der Waals surface area (Å²) in [6, 6.07) is 12.7. The maximum atomic E-state index is 13.2. The summed E-state index contributed by atoms with van der Waals surface area (Å²) < 4.78 is 7.21. The summed E-state index contributed by atoms with van der Waals surface area (Å²) in [5.74, 6) is -0.0521. The lowest BCUT2D eigenvalue weighted by Gasteiger charge is -2.40. The normalized spacial score (nSPS) is 15.9. The molecule has 1 aromatic carbocycles. The topological polar surface area (TPSA) is 84.5 Å². The van der Waals surface area contributed by atoms with Crippen molar-refractivity contribution in [2.24, 2.45) is 7.05 Å². The van der Waals surface area contributed by atoms with Gasteiger partial charge in [-0.2, -0.15) is 0 Å². The lowest BCUT2D eigenvalue weighted by atomic mass is 10.0. The molecule has 2 amide bonds. The summed E-state index contributed by atoms with van der Waals surface area (Å²) in [5.41, 5.74) is 4.54. The highest BCUT2D eigenvalue weighted by atomic mass is 16.3. The molecule has 0 N–H and O–H groups in total. The van der Waals surface area contributed by atoms with Crippen LogP contribution >= 0.6 is 0 Å². The lowest BCUT2D eigenvalue weighted by molar-refractivity contribution is -0.117. The van der Waals surface area contributed by atoms with Crippen LogP contribution in [0.15, 0.2) is 59.5 Å². The summed E-state index contributed by atoms with van der Waals surface area (Å²) in [5, 5.41) is 0. The van der Waals surface area contributed by atoms with Crippen LogP contribution in [0.2, 0.25) is 0 Å². The van der Waals surface area contributed by atoms with Crippen molar-refractivity contribution in [3.63, 3.8) is 0 Å². The number of carbonyl (C=O) groups excluding carboxylic acids is 2. The molecule has 4 heterocycles. The molecule has 31 heavy (non-hydrogen) atoms. The number of fused-ring (bicyclic) bond motifs is 2. The summed E-state index contributed by atoms with van der Waals surface area (Å²) in [4.78, 5) is 38.0. The first-order chi connectivity index (χ1) is 14.9. The Bertz CT molecular complexity index is 1310. The molecule has 0 bridgehead atoms. The van der Waals surface area contributed by atoms with Gasteiger partial charge in [-0.25, -0.2) is 9.97 Å². The van der Waals surface area contributed by atoms with Crippen LogP contribution in [0.25, 0.3) is 22.4 Å². The fourth-order valence-electron chi connectivity index (χ4n) is 4.16. The molecule has 8 heteroatoms. The molecule has 156 valence electrons. The van der Waals surface area contributed by atoms with E-state index in [4.69, 9.17) is 9.40 Å². The smallest absolute Gasteiger partial charge is 0.294 e. The Labute approximate surface area is 178 Å². The minimum atomic E-state index is -0.242. The second kappa shape index (κ2) is 7.09. The second-order valence-electron chi connectivity index (χ2n) is 7.73. The van der Waals surface area contributed by atoms with Gasteiger partial charge in [-0.05, 0) is 43.3 Å². The molecule has 8 nitrogen and oxygen atoms in total. The molecule has 1 aliphatic heterocycles. The number of benzene rings is 1. The van der Waals surface area contributed by atoms with Crippen LogP contribution in [0, 0.1) is 0 Å². The van der Waals surface area contributed by atoms with Gasteiger partial charge in [0.25, 0.3) is 5.91 Å². The zero-order valence-electron chi connectivity index (χ0n) is 17.4. The molecular formula is C23H21N5O3. The van der Waals surface area contributed by atoms with E-state index in [1.807, 2.05) is 48.9 Å². The Balaban J connectivity index is 1.65. The SMILES string of the molecule is CC(=O)N1c2ccc(-c3ccc4ncn(C)c4n3)cc2N(C(=O)c2ccco2)C[C@@H]1C. The van der Waals surface area contributed by atoms with Crippen molar-refractivity contribution < 1.29 is 14.0 Å². The monoisotopic (exact) mass is 415 g/mol. The largest absolute Gasteiger partial charge is 0.459 e. The first kappa shape index (κ1) is 19.0. The molecule has 0 saturated carbocycles. The number of imidazole rings is 1. The molecule has 0 aliphatic carbocycles. The van der Waals surface area contributed by atoms with Gasteiger partial charge < -0.3 is 18.8 Å². The van der Waals surface area contributed by atoms with E-state index >= 15 is 0 Å². The van der Waals surface area contributed by atoms with Crippen LogP contribution in [0.3, 0.4) is 0 Å². The number of amides is 2. The van der Waals surface area contributed by atoms with Crippen molar-refractivity contribution in [1.82, 2.24) is 14.5 Å². The number of nitrogens with zero attached hydrogens (tertiary/aromatic N) is 5. The minimum absolute atomic E-state index is 0.0685. The standard InChI is InChI=1S/C23H21N5O3/c1-14-12-27(23(30)21-5-4-10-31-21)20-11-16(6-9-19(20)28(14)15(2)29)17-7-8-18-22(25-17)26(3)13-24-18/h4-11,13-14H,12H2,1-3H3/t14-/m0/s1. The van der Waals surface area contributed by atoms with E-state index < -0.39 is 0 Å². The van der Waals surface area contributed by atoms with Gasteiger partial charge in [0.05, 0.1) is 35.7 Å². The third-order valence-electron chi connectivity index (χ3n) is 5.58. The lowest BCUT2D eigenvalue weighted by Crippen LogP contribution is -2.51. The van der Waals surface area contributed by atoms with E-state index in [1.54, 1.807) is 28.3 Å². The number of hydrogen-bond donors (Lipinski definition) is 0. The van der Waals surface area contributed by atoms with E-state index in [9.17, 15) is 9.59 Å². The number of aromatic nitrogens is 3. The number of rotatable bonds is 2. The van der Waals surface area contributed by atoms with Gasteiger partial charge in [-0.3, -0.25) is 9.59 Å². The predicted octanol–water partition coefficient (Wildman–Crippen LogP) is 3.63. The van der Waals surface area contributed by atoms with E-state index in [2.05, 4.69) is 4.98 Å². The van der Waals surface area contributed by atoms with E-state index in [0.29, 0.717) is 17.9 Å². The van der Waals surface area contributed by atoms with Crippen LogP contribution in [0.1, 0.15) is 24.4 Å². The molecule has 0 unspecified atom stereocenters. The van der Waals surface area contributed by atoms with Crippen LogP contribution in [-0.4, -0.2) is 38.9 Å². The highest BCUT2D eigenvalue weighted by Gasteiger charge is 2.35. The number of anilines is 2. The number of aryl methyl sites for hydroxylation is 1. The maximum Gasteiger partial charge on any atom is 0.294 e. The van der Waals surface area contributed by atoms with Crippen molar-refractivity contribution in [2.75, 3.05) is 16.3 Å². The summed E-state index contributed by atoms with van der Waals surface area (Å²) in [6.45, 7) is 3.83. The van der Waals surface area contributed by atoms with Gasteiger partial charge in [0, 0.05) is 26.1 Å². The number of carbonyl (C=O) groups is 2. The average Bonchev–Trinajstić information content (AvgIpc) is 3.42. The first-order valence-electron chi connectivity index (χ1n) is 10.0. The zero-order chi connectivity index (χ0) is 21.7. The predicted molar refractivity (Wildman–Crippen MR) is 117 cm³/mol. The van der Waals surface area contributed by atoms with Crippen molar-refractivity contribution in [1.29, 1.82) is 0 Å². The molecule has 0 radical (unpaired) electrons. The third kappa shape index (κ3) is 3.07. The number of furan rings is 1. The molecule has 0 spiro atoms. The third-order valence-corrected chi connectivity index (χ3v) is 5.58. The van der Waals surface area contributed by atoms with Gasteiger partial charge in [0.2, 0.25) is 5.91 Å². The Kier molecular flexibility index (Phi) is 4.35. The van der Waals surface area contributed by atoms with Crippen LogP contribution < -0.4 is 9.80 Å². The van der Waals surface area contributed by atoms with Gasteiger partial charge in [-0.15, -0.1) is 0 Å². The molecule has 1 aliphatic rings. The zero-order valence-corrected chi connectivity index (χ0v) is 17.4. The molecule has 0 saturated heterocycles. The Morgan fingerprint density at radius 1 is 1.13 bits per heavy atom. The maximum absolute atomic E-state index is 13.2. The average molecular weight is 415 g/mol. The molecule has 0 fully saturated rings. The molecule has 3 aromatic heterocycles. The van der Waals surface area contributed by atoms with E-state index in [-0.39, 0.29) is 23.6 Å². The van der Waals surface area contributed by atoms with Gasteiger partial charge in [0.15, 0.2) is 11.4 Å². The van der Waals surface area contributed by atoms with Crippen LogP contribution in [0.4, 0.5) is 11.4 Å². The Morgan fingerprint density at radius 2 is 1.97 bits per heavy atom. The van der Waals surface area contributed by atoms with Gasteiger partial charge >= 0.3 is 0 Å². The van der Waals surface area contributed by atoms with Crippen molar-refractivity contribution in [2.45, 2.75) is 19.9 Å². The fraction of sp³-hybridized carbons (Fsp3) is 0.217. The summed E-state index contributed by atoms with van der Waals surface area (Å²) >= 11 is 0. The van der Waals surface area contributed by atoms with Crippen molar-refractivity contribution in [3.05, 3.63) is 60.8 Å². The number of pyridine rings is 1. The second-order valence-corrected chi connectivity index (χ2v) is 7.73. The molecule has 5 rings (SSSR count). The fourth-order valence-corrected chi connectivity index (χ4v) is 4.16. The minimum Gasteiger partial charge on any atom is -0.459 e. The highest BCUT2D eigenvalue weighted by molar-refractivity contribution is 6.10. The van der Waals surface area contributed by atoms with E-state index in [1.165, 1.54) is 13.2 Å². The van der Waals surface area contributed by atoms with Crippen molar-refractivity contribution >= 4 is 34.4 Å². The van der Waals surface area contributed by atoms with Crippen LogP contribution in [0.5, 0.6) is 0 Å². The quantitative estimate of drug-likeness (QED) is 0.499. The molecule has 4 aromatic rings. The van der Waals surface area contributed by atoms with Crippen LogP contribution in [-0.2, 0) is 11.8 Å². The van der Waals surface area contributed by atoms with Gasteiger partial charge in [0.1, 0.15) is 5.52 Å². The highest BCUT2D eigenvalue weighted by Crippen LogP contribution is 2.39. The summed E-state index contributed by atoms with van der Waals surface area (Å²) in [6.07, 6.45) is 3.21. The van der Waals surface area contributed by atoms with E-state index in [0.717, 1.165) is 22.4 Å². The van der Waals surface area contributed by atoms with Crippen molar-refractivity contribution in [3.8, 4) is 11.3 Å². The Hall–Kier alpha value is -3.94. The first-order valence-corrected chi connectivity index (χ1v) is 10.0. The summed E-state index contributed by atoms with van der Waals surface area (Å²) in [7, 11) is 1.90. The molecular weight excluding hydrogens is 394 g/mol. The Morgan fingerprint density at radius 3 is 2.71 bits per heavy atom.